The van der Waals surface area contributed by atoms with Gasteiger partial charge in [-0.3, -0.25) is 4.79 Å². The number of allylic oxidation sites excluding steroid dienone is 1. The smallest absolute Gasteiger partial charge is 0.230 e. The molecule has 2 aliphatic rings. The predicted octanol–water partition coefficient (Wildman–Crippen LogP) is 5.25. The minimum Gasteiger partial charge on any atom is -0.393 e. The van der Waals surface area contributed by atoms with Gasteiger partial charge < -0.3 is 20.2 Å². The van der Waals surface area contributed by atoms with Gasteiger partial charge in [-0.25, -0.2) is 0 Å². The van der Waals surface area contributed by atoms with Crippen LogP contribution in [0.5, 0.6) is 0 Å². The summed E-state index contributed by atoms with van der Waals surface area (Å²) in [5, 5.41) is 30.3. The van der Waals surface area contributed by atoms with Crippen LogP contribution in [0, 0.1) is 17.3 Å². The highest BCUT2D eigenvalue weighted by atomic mass is 32.1. The van der Waals surface area contributed by atoms with E-state index in [0.29, 0.717) is 29.3 Å². The molecule has 2 fully saturated rings. The van der Waals surface area contributed by atoms with Gasteiger partial charge in [-0.05, 0) is 74.8 Å². The molecule has 5 nitrogen and oxygen atoms in total. The molecule has 0 aromatic carbocycles. The van der Waals surface area contributed by atoms with E-state index in [1.807, 2.05) is 17.0 Å². The molecule has 0 spiro atoms. The first-order chi connectivity index (χ1) is 14.5. The van der Waals surface area contributed by atoms with Crippen molar-refractivity contribution in [3.05, 3.63) is 21.9 Å². The van der Waals surface area contributed by atoms with Crippen LogP contribution in [0.15, 0.2) is 12.1 Å². The van der Waals surface area contributed by atoms with Crippen molar-refractivity contribution in [2.75, 3.05) is 4.90 Å². The van der Waals surface area contributed by atoms with E-state index in [1.54, 1.807) is 0 Å². The van der Waals surface area contributed by atoms with Crippen molar-refractivity contribution in [2.24, 2.45) is 17.3 Å². The number of amides is 1. The minimum atomic E-state index is -1.62. The van der Waals surface area contributed by atoms with E-state index in [4.69, 9.17) is 0 Å². The van der Waals surface area contributed by atoms with E-state index in [0.717, 1.165) is 43.4 Å². The van der Waals surface area contributed by atoms with Crippen LogP contribution in [0.4, 0.5) is 5.69 Å². The highest BCUT2D eigenvalue weighted by Crippen LogP contribution is 2.41. The average molecular weight is 450 g/mol. The van der Waals surface area contributed by atoms with Crippen molar-refractivity contribution in [1.29, 1.82) is 0 Å². The summed E-state index contributed by atoms with van der Waals surface area (Å²) >= 11 is 1.34. The molecule has 0 radical (unpaired) electrons. The van der Waals surface area contributed by atoms with Crippen molar-refractivity contribution in [3.63, 3.8) is 0 Å². The number of aliphatic hydroxyl groups excluding tert-OH is 2. The van der Waals surface area contributed by atoms with Gasteiger partial charge in [0.2, 0.25) is 5.91 Å². The van der Waals surface area contributed by atoms with E-state index >= 15 is 0 Å². The van der Waals surface area contributed by atoms with Crippen molar-refractivity contribution in [3.8, 4) is 0 Å². The van der Waals surface area contributed by atoms with Crippen LogP contribution in [-0.4, -0.2) is 33.4 Å². The summed E-state index contributed by atoms with van der Waals surface area (Å²) in [7, 11) is 0. The Morgan fingerprint density at radius 2 is 1.71 bits per heavy atom. The lowest BCUT2D eigenvalue weighted by Gasteiger charge is -2.39. The average Bonchev–Trinajstić information content (AvgIpc) is 3.12. The van der Waals surface area contributed by atoms with Gasteiger partial charge in [0.15, 0.2) is 6.29 Å². The van der Waals surface area contributed by atoms with Gasteiger partial charge in [0.05, 0.1) is 16.7 Å². The van der Waals surface area contributed by atoms with Crippen LogP contribution < -0.4 is 4.90 Å². The van der Waals surface area contributed by atoms with Gasteiger partial charge in [-0.2, -0.15) is 0 Å². The van der Waals surface area contributed by atoms with Gasteiger partial charge >= 0.3 is 0 Å². The minimum absolute atomic E-state index is 0.00987. The number of thiophene rings is 1. The highest BCUT2D eigenvalue weighted by Gasteiger charge is 2.37. The summed E-state index contributed by atoms with van der Waals surface area (Å²) in [5.74, 6) is 0.756. The maximum atomic E-state index is 13.8. The number of rotatable bonds is 5. The standard InChI is InChI=1S/C25H39NO4S/c1-16-5-7-17(8-6-16)23(28)26(18-9-11-19(27)12-10-18)21-15-20(13-14-25(2,3)4)31-22(21)24(29)30/h13-19,24,27,29-30H,5-12H2,1-4H3/b14-13+. The van der Waals surface area contributed by atoms with E-state index in [-0.39, 0.29) is 29.4 Å². The third-order valence-corrected chi connectivity index (χ3v) is 7.76. The number of carbonyl (C=O) groups excluding carboxylic acids is 1. The first kappa shape index (κ1) is 24.4. The lowest BCUT2D eigenvalue weighted by atomic mass is 9.81. The number of anilines is 1. The van der Waals surface area contributed by atoms with Crippen LogP contribution in [0.2, 0.25) is 0 Å². The van der Waals surface area contributed by atoms with Crippen LogP contribution in [0.25, 0.3) is 6.08 Å². The molecule has 0 aliphatic heterocycles. The molecule has 31 heavy (non-hydrogen) atoms. The quantitative estimate of drug-likeness (QED) is 0.536. The maximum Gasteiger partial charge on any atom is 0.230 e. The second kappa shape index (κ2) is 10.2. The van der Waals surface area contributed by atoms with Crippen molar-refractivity contribution in [1.82, 2.24) is 0 Å². The fourth-order valence-corrected chi connectivity index (χ4v) is 5.65. The van der Waals surface area contributed by atoms with Gasteiger partial charge in [0.25, 0.3) is 0 Å². The normalized spacial score (nSPS) is 27.7. The Hall–Kier alpha value is -1.21. The summed E-state index contributed by atoms with van der Waals surface area (Å²) in [6.45, 7) is 8.60. The molecule has 3 N–H and O–H groups in total. The van der Waals surface area contributed by atoms with Crippen LogP contribution >= 0.6 is 11.3 Å². The maximum absolute atomic E-state index is 13.8. The first-order valence-electron chi connectivity index (χ1n) is 11.8. The molecule has 0 atom stereocenters. The van der Waals surface area contributed by atoms with Crippen LogP contribution in [0.1, 0.15) is 95.1 Å². The Kier molecular flexibility index (Phi) is 8.00. The van der Waals surface area contributed by atoms with Gasteiger partial charge in [-0.1, -0.05) is 33.8 Å². The zero-order valence-corrected chi connectivity index (χ0v) is 20.2. The van der Waals surface area contributed by atoms with Crippen molar-refractivity contribution < 1.29 is 20.1 Å². The van der Waals surface area contributed by atoms with Gasteiger partial charge in [0.1, 0.15) is 0 Å². The molecular formula is C25H39NO4S. The first-order valence-corrected chi connectivity index (χ1v) is 12.6. The second-order valence-corrected chi connectivity index (χ2v) is 11.7. The second-order valence-electron chi connectivity index (χ2n) is 10.6. The zero-order chi connectivity index (χ0) is 22.8. The summed E-state index contributed by atoms with van der Waals surface area (Å²) in [6, 6.07) is 1.93. The largest absolute Gasteiger partial charge is 0.393 e. The number of hydrogen-bond acceptors (Lipinski definition) is 5. The highest BCUT2D eigenvalue weighted by molar-refractivity contribution is 7.13. The molecule has 0 saturated heterocycles. The summed E-state index contributed by atoms with van der Waals surface area (Å²) < 4.78 is 0. The molecule has 0 unspecified atom stereocenters. The van der Waals surface area contributed by atoms with Gasteiger partial charge in [0, 0.05) is 16.8 Å². The third-order valence-electron chi connectivity index (χ3n) is 6.63. The molecule has 1 heterocycles. The molecule has 1 aromatic rings. The fourth-order valence-electron chi connectivity index (χ4n) is 4.72. The van der Waals surface area contributed by atoms with E-state index in [1.165, 1.54) is 11.3 Å². The predicted molar refractivity (Wildman–Crippen MR) is 127 cm³/mol. The Bertz CT molecular complexity index is 763. The Balaban J connectivity index is 1.96. The molecule has 2 saturated carbocycles. The van der Waals surface area contributed by atoms with E-state index in [2.05, 4.69) is 33.8 Å². The van der Waals surface area contributed by atoms with Gasteiger partial charge in [-0.15, -0.1) is 11.3 Å². The van der Waals surface area contributed by atoms with Crippen LogP contribution in [0.3, 0.4) is 0 Å². The number of aliphatic hydroxyl groups is 3. The summed E-state index contributed by atoms with van der Waals surface area (Å²) in [6.07, 6.45) is 8.92. The molecule has 1 aromatic heterocycles. The molecule has 2 aliphatic carbocycles. The zero-order valence-electron chi connectivity index (χ0n) is 19.4. The molecule has 6 heteroatoms. The lowest BCUT2D eigenvalue weighted by molar-refractivity contribution is -0.124. The Morgan fingerprint density at radius 1 is 1.10 bits per heavy atom. The molecule has 174 valence electrons. The fraction of sp³-hybridized carbons (Fsp3) is 0.720. The van der Waals surface area contributed by atoms with Crippen LogP contribution in [-0.2, 0) is 4.79 Å². The Labute approximate surface area is 190 Å². The van der Waals surface area contributed by atoms with Crippen molar-refractivity contribution >= 4 is 29.0 Å². The monoisotopic (exact) mass is 449 g/mol. The number of hydrogen-bond donors (Lipinski definition) is 3. The molecule has 0 bridgehead atoms. The molecule has 1 amide bonds. The lowest BCUT2D eigenvalue weighted by Crippen LogP contribution is -2.47. The number of nitrogens with zero attached hydrogens (tertiary/aromatic N) is 1. The number of carbonyl (C=O) groups is 1. The van der Waals surface area contributed by atoms with Crippen molar-refractivity contribution in [2.45, 2.75) is 97.5 Å². The molecule has 3 rings (SSSR count). The van der Waals surface area contributed by atoms with E-state index < -0.39 is 6.29 Å². The summed E-state index contributed by atoms with van der Waals surface area (Å²) in [4.78, 5) is 17.0. The SMILES string of the molecule is CC1CCC(C(=O)N(c2cc(/C=C/C(C)(C)C)sc2C(O)O)C2CCC(O)CC2)CC1. The third kappa shape index (κ3) is 6.41. The molecular weight excluding hydrogens is 410 g/mol. The van der Waals surface area contributed by atoms with E-state index in [9.17, 15) is 20.1 Å². The Morgan fingerprint density at radius 3 is 2.26 bits per heavy atom. The topological polar surface area (TPSA) is 81.0 Å². The summed E-state index contributed by atoms with van der Waals surface area (Å²) in [5.41, 5.74) is 0.647.